The Bertz CT molecular complexity index is 478. The summed E-state index contributed by atoms with van der Waals surface area (Å²) in [6.07, 6.45) is 2.44. The Morgan fingerprint density at radius 1 is 1.18 bits per heavy atom. The van der Waals surface area contributed by atoms with Crippen molar-refractivity contribution in [2.24, 2.45) is 0 Å². The Balaban J connectivity index is 1.87. The van der Waals surface area contributed by atoms with Gasteiger partial charge in [-0.15, -0.1) is 0 Å². The van der Waals surface area contributed by atoms with Crippen LogP contribution in [-0.2, 0) is 17.6 Å². The van der Waals surface area contributed by atoms with Crippen LogP contribution < -0.4 is 0 Å². The fourth-order valence-corrected chi connectivity index (χ4v) is 3.09. The standard InChI is InChI=1S/C18H28N2O2/c1-3-15-6-5-7-16(12-15)13-18(22)20-10-8-19(9-11-20)17(4-2)14-21/h5-7,12,17,21H,3-4,8-11,13-14H2,1-2H3. The van der Waals surface area contributed by atoms with Crippen LogP contribution in [0.15, 0.2) is 24.3 Å². The molecule has 1 aromatic carbocycles. The Labute approximate surface area is 133 Å². The van der Waals surface area contributed by atoms with Crippen LogP contribution in [0.25, 0.3) is 0 Å². The highest BCUT2D eigenvalue weighted by Gasteiger charge is 2.24. The van der Waals surface area contributed by atoms with E-state index >= 15 is 0 Å². The first-order valence-corrected chi connectivity index (χ1v) is 8.38. The lowest BCUT2D eigenvalue weighted by Crippen LogP contribution is -2.53. The predicted molar refractivity (Wildman–Crippen MR) is 88.8 cm³/mol. The van der Waals surface area contributed by atoms with E-state index in [1.807, 2.05) is 17.0 Å². The van der Waals surface area contributed by atoms with E-state index in [0.717, 1.165) is 44.6 Å². The highest BCUT2D eigenvalue weighted by Crippen LogP contribution is 2.12. The van der Waals surface area contributed by atoms with Crippen LogP contribution in [0.1, 0.15) is 31.4 Å². The summed E-state index contributed by atoms with van der Waals surface area (Å²) in [6, 6.07) is 8.54. The van der Waals surface area contributed by atoms with E-state index in [-0.39, 0.29) is 18.6 Å². The molecule has 4 nitrogen and oxygen atoms in total. The number of aryl methyl sites for hydroxylation is 1. The van der Waals surface area contributed by atoms with Gasteiger partial charge in [-0.1, -0.05) is 38.1 Å². The number of nitrogens with zero attached hydrogens (tertiary/aromatic N) is 2. The summed E-state index contributed by atoms with van der Waals surface area (Å²) >= 11 is 0. The van der Waals surface area contributed by atoms with Crippen molar-refractivity contribution in [1.82, 2.24) is 9.80 Å². The van der Waals surface area contributed by atoms with Crippen molar-refractivity contribution < 1.29 is 9.90 Å². The number of benzene rings is 1. The van der Waals surface area contributed by atoms with Gasteiger partial charge in [0.05, 0.1) is 13.0 Å². The molecule has 0 aromatic heterocycles. The van der Waals surface area contributed by atoms with Gasteiger partial charge in [0.15, 0.2) is 0 Å². The van der Waals surface area contributed by atoms with Gasteiger partial charge < -0.3 is 10.0 Å². The minimum Gasteiger partial charge on any atom is -0.395 e. The summed E-state index contributed by atoms with van der Waals surface area (Å²) in [5.74, 6) is 0.213. The molecule has 1 fully saturated rings. The maximum atomic E-state index is 12.4. The second kappa shape index (κ2) is 8.30. The van der Waals surface area contributed by atoms with Gasteiger partial charge in [-0.2, -0.15) is 0 Å². The van der Waals surface area contributed by atoms with Gasteiger partial charge in [-0.05, 0) is 24.0 Å². The van der Waals surface area contributed by atoms with E-state index in [4.69, 9.17) is 0 Å². The number of hydrogen-bond acceptors (Lipinski definition) is 3. The van der Waals surface area contributed by atoms with Crippen molar-refractivity contribution in [3.05, 3.63) is 35.4 Å². The molecular formula is C18H28N2O2. The van der Waals surface area contributed by atoms with Crippen LogP contribution in [0.3, 0.4) is 0 Å². The number of aliphatic hydroxyl groups is 1. The van der Waals surface area contributed by atoms with Crippen molar-refractivity contribution >= 4 is 5.91 Å². The molecule has 1 unspecified atom stereocenters. The second-order valence-electron chi connectivity index (χ2n) is 6.01. The zero-order valence-electron chi connectivity index (χ0n) is 13.8. The van der Waals surface area contributed by atoms with Gasteiger partial charge in [0.2, 0.25) is 5.91 Å². The van der Waals surface area contributed by atoms with E-state index in [2.05, 4.69) is 30.9 Å². The zero-order chi connectivity index (χ0) is 15.9. The van der Waals surface area contributed by atoms with Gasteiger partial charge in [0, 0.05) is 32.2 Å². The maximum Gasteiger partial charge on any atom is 0.227 e. The molecule has 1 aliphatic rings. The molecule has 0 bridgehead atoms. The Morgan fingerprint density at radius 2 is 1.86 bits per heavy atom. The minimum absolute atomic E-state index is 0.203. The predicted octanol–water partition coefficient (Wildman–Crippen LogP) is 1.71. The van der Waals surface area contributed by atoms with Crippen molar-refractivity contribution in [1.29, 1.82) is 0 Å². The van der Waals surface area contributed by atoms with Crippen LogP contribution >= 0.6 is 0 Å². The number of amides is 1. The molecule has 0 aliphatic carbocycles. The summed E-state index contributed by atoms with van der Waals surface area (Å²) in [6.45, 7) is 7.68. The molecule has 0 spiro atoms. The minimum atomic E-state index is 0.203. The van der Waals surface area contributed by atoms with Crippen LogP contribution in [0.2, 0.25) is 0 Å². The number of piperazine rings is 1. The molecule has 1 heterocycles. The molecule has 0 saturated carbocycles. The summed E-state index contributed by atoms with van der Waals surface area (Å²) in [7, 11) is 0. The average Bonchev–Trinajstić information content (AvgIpc) is 2.56. The highest BCUT2D eigenvalue weighted by atomic mass is 16.3. The summed E-state index contributed by atoms with van der Waals surface area (Å²) in [5, 5.41) is 9.38. The monoisotopic (exact) mass is 304 g/mol. The lowest BCUT2D eigenvalue weighted by molar-refractivity contribution is -0.132. The molecular weight excluding hydrogens is 276 g/mol. The molecule has 1 saturated heterocycles. The molecule has 1 aliphatic heterocycles. The zero-order valence-corrected chi connectivity index (χ0v) is 13.8. The van der Waals surface area contributed by atoms with E-state index in [1.165, 1.54) is 5.56 Å². The lowest BCUT2D eigenvalue weighted by Gasteiger charge is -2.38. The van der Waals surface area contributed by atoms with Crippen molar-refractivity contribution in [3.8, 4) is 0 Å². The summed E-state index contributed by atoms with van der Waals surface area (Å²) in [4.78, 5) is 16.7. The van der Waals surface area contributed by atoms with E-state index < -0.39 is 0 Å². The highest BCUT2D eigenvalue weighted by molar-refractivity contribution is 5.79. The average molecular weight is 304 g/mol. The van der Waals surface area contributed by atoms with E-state index in [1.54, 1.807) is 0 Å². The molecule has 22 heavy (non-hydrogen) atoms. The van der Waals surface area contributed by atoms with Crippen molar-refractivity contribution in [2.75, 3.05) is 32.8 Å². The van der Waals surface area contributed by atoms with Crippen LogP contribution in [0, 0.1) is 0 Å². The van der Waals surface area contributed by atoms with Gasteiger partial charge in [0.25, 0.3) is 0 Å². The molecule has 4 heteroatoms. The van der Waals surface area contributed by atoms with Gasteiger partial charge in [-0.25, -0.2) is 0 Å². The molecule has 0 radical (unpaired) electrons. The Morgan fingerprint density at radius 3 is 2.45 bits per heavy atom. The largest absolute Gasteiger partial charge is 0.395 e. The van der Waals surface area contributed by atoms with Crippen LogP contribution in [0.4, 0.5) is 0 Å². The topological polar surface area (TPSA) is 43.8 Å². The van der Waals surface area contributed by atoms with Crippen LogP contribution in [0.5, 0.6) is 0 Å². The van der Waals surface area contributed by atoms with Crippen molar-refractivity contribution in [2.45, 2.75) is 39.2 Å². The summed E-state index contributed by atoms with van der Waals surface area (Å²) < 4.78 is 0. The number of carbonyl (C=O) groups excluding carboxylic acids is 1. The Hall–Kier alpha value is -1.39. The fraction of sp³-hybridized carbons (Fsp3) is 0.611. The second-order valence-corrected chi connectivity index (χ2v) is 6.01. The van der Waals surface area contributed by atoms with Crippen LogP contribution in [-0.4, -0.2) is 59.6 Å². The smallest absolute Gasteiger partial charge is 0.227 e. The first-order chi connectivity index (χ1) is 10.7. The first-order valence-electron chi connectivity index (χ1n) is 8.38. The molecule has 122 valence electrons. The lowest BCUT2D eigenvalue weighted by atomic mass is 10.1. The molecule has 1 aromatic rings. The number of hydrogen-bond donors (Lipinski definition) is 1. The van der Waals surface area contributed by atoms with Gasteiger partial charge in [-0.3, -0.25) is 9.69 Å². The molecule has 1 atom stereocenters. The molecule has 1 N–H and O–H groups in total. The number of carbonyl (C=O) groups is 1. The number of aliphatic hydroxyl groups excluding tert-OH is 1. The maximum absolute atomic E-state index is 12.4. The van der Waals surface area contributed by atoms with Crippen molar-refractivity contribution in [3.63, 3.8) is 0 Å². The third-order valence-electron chi connectivity index (χ3n) is 4.62. The van der Waals surface area contributed by atoms with E-state index in [0.29, 0.717) is 6.42 Å². The molecule has 1 amide bonds. The SMILES string of the molecule is CCc1cccc(CC(=O)N2CCN(C(CC)CO)CC2)c1. The quantitative estimate of drug-likeness (QED) is 0.870. The third kappa shape index (κ3) is 4.31. The fourth-order valence-electron chi connectivity index (χ4n) is 3.09. The Kier molecular flexibility index (Phi) is 6.40. The van der Waals surface area contributed by atoms with Gasteiger partial charge >= 0.3 is 0 Å². The first kappa shape index (κ1) is 17.0. The summed E-state index contributed by atoms with van der Waals surface area (Å²) in [5.41, 5.74) is 2.39. The molecule has 2 rings (SSSR count). The van der Waals surface area contributed by atoms with Gasteiger partial charge in [0.1, 0.15) is 0 Å². The normalized spacial score (nSPS) is 17.5. The number of rotatable bonds is 6. The van der Waals surface area contributed by atoms with E-state index in [9.17, 15) is 9.90 Å². The third-order valence-corrected chi connectivity index (χ3v) is 4.62.